The summed E-state index contributed by atoms with van der Waals surface area (Å²) >= 11 is 5.88. The molecule has 0 saturated carbocycles. The normalized spacial score (nSPS) is 15.7. The lowest BCUT2D eigenvalue weighted by Gasteiger charge is -2.16. The molecule has 1 aromatic heterocycles. The summed E-state index contributed by atoms with van der Waals surface area (Å²) < 4.78 is 5.44. The Morgan fingerprint density at radius 2 is 2.07 bits per heavy atom. The van der Waals surface area contributed by atoms with Gasteiger partial charge < -0.3 is 15.0 Å². The van der Waals surface area contributed by atoms with Gasteiger partial charge in [-0.1, -0.05) is 23.4 Å². The number of aryl methyl sites for hydroxylation is 1. The molecule has 1 atom stereocenters. The number of carbonyl (C=O) groups excluding carboxylic acids is 2. The molecule has 1 saturated heterocycles. The third-order valence-electron chi connectivity index (χ3n) is 4.31. The molecule has 0 bridgehead atoms. The van der Waals surface area contributed by atoms with E-state index < -0.39 is 0 Å². The van der Waals surface area contributed by atoms with Crippen molar-refractivity contribution in [1.82, 2.24) is 10.3 Å². The van der Waals surface area contributed by atoms with Crippen LogP contribution in [-0.2, 0) is 9.59 Å². The zero-order valence-electron chi connectivity index (χ0n) is 15.4. The van der Waals surface area contributed by atoms with Crippen molar-refractivity contribution in [1.29, 1.82) is 0 Å². The minimum atomic E-state index is -0.389. The summed E-state index contributed by atoms with van der Waals surface area (Å²) in [6.07, 6.45) is 1.83. The number of hydrogen-bond donors (Lipinski definition) is 1. The van der Waals surface area contributed by atoms with Crippen molar-refractivity contribution in [3.8, 4) is 17.6 Å². The first-order chi connectivity index (χ1) is 13.5. The Morgan fingerprint density at radius 1 is 1.29 bits per heavy atom. The molecule has 1 aliphatic rings. The molecule has 28 heavy (non-hydrogen) atoms. The van der Waals surface area contributed by atoms with E-state index in [-0.39, 0.29) is 37.3 Å². The molecule has 1 fully saturated rings. The number of pyridine rings is 1. The van der Waals surface area contributed by atoms with Crippen LogP contribution in [0.1, 0.15) is 12.1 Å². The second kappa shape index (κ2) is 9.25. The predicted octanol–water partition coefficient (Wildman–Crippen LogP) is 2.59. The fraction of sp³-hybridized carbons (Fsp3) is 0.286. The molecule has 0 radical (unpaired) electrons. The fourth-order valence-corrected chi connectivity index (χ4v) is 2.93. The molecule has 2 heterocycles. The van der Waals surface area contributed by atoms with Crippen molar-refractivity contribution in [3.05, 3.63) is 53.3 Å². The van der Waals surface area contributed by atoms with Gasteiger partial charge in [0.1, 0.15) is 12.4 Å². The van der Waals surface area contributed by atoms with Crippen molar-refractivity contribution < 1.29 is 14.3 Å². The second-order valence-corrected chi connectivity index (χ2v) is 6.81. The molecule has 0 spiro atoms. The van der Waals surface area contributed by atoms with Crippen LogP contribution in [0.2, 0.25) is 5.02 Å². The van der Waals surface area contributed by atoms with Crippen LogP contribution >= 0.6 is 11.6 Å². The molecule has 1 unspecified atom stereocenters. The highest BCUT2D eigenvalue weighted by Gasteiger charge is 2.34. The summed E-state index contributed by atoms with van der Waals surface area (Å²) in [6.45, 7) is 2.68. The van der Waals surface area contributed by atoms with Crippen LogP contribution in [0.4, 0.5) is 5.69 Å². The molecule has 7 heteroatoms. The smallest absolute Gasteiger partial charge is 0.227 e. The van der Waals surface area contributed by atoms with Crippen LogP contribution < -0.4 is 15.0 Å². The first kappa shape index (κ1) is 19.7. The maximum Gasteiger partial charge on any atom is 0.227 e. The van der Waals surface area contributed by atoms with Gasteiger partial charge in [-0.15, -0.1) is 0 Å². The van der Waals surface area contributed by atoms with Gasteiger partial charge in [-0.05, 0) is 43.3 Å². The van der Waals surface area contributed by atoms with Gasteiger partial charge in [-0.3, -0.25) is 14.6 Å². The maximum atomic E-state index is 12.3. The first-order valence-electron chi connectivity index (χ1n) is 8.88. The van der Waals surface area contributed by atoms with Gasteiger partial charge >= 0.3 is 0 Å². The van der Waals surface area contributed by atoms with Gasteiger partial charge in [0.2, 0.25) is 11.8 Å². The van der Waals surface area contributed by atoms with Crippen molar-refractivity contribution in [2.45, 2.75) is 13.3 Å². The van der Waals surface area contributed by atoms with Crippen LogP contribution in [0.3, 0.4) is 0 Å². The number of carbonyl (C=O) groups is 2. The Balaban J connectivity index is 1.42. The monoisotopic (exact) mass is 397 g/mol. The average Bonchev–Trinajstić information content (AvgIpc) is 3.08. The van der Waals surface area contributed by atoms with Crippen molar-refractivity contribution in [2.75, 3.05) is 24.6 Å². The molecule has 1 aromatic carbocycles. The van der Waals surface area contributed by atoms with Gasteiger partial charge in [0.05, 0.1) is 18.7 Å². The minimum absolute atomic E-state index is 0.0753. The third-order valence-corrected chi connectivity index (χ3v) is 4.56. The second-order valence-electron chi connectivity index (χ2n) is 6.38. The highest BCUT2D eigenvalue weighted by Crippen LogP contribution is 2.26. The SMILES string of the molecule is Cc1ccc(OCC#CCNC(=O)C2CC(=O)N(c3ccc(Cl)cc3)C2)cn1. The number of ether oxygens (including phenoxy) is 1. The zero-order valence-corrected chi connectivity index (χ0v) is 16.2. The van der Waals surface area contributed by atoms with Crippen molar-refractivity contribution >= 4 is 29.1 Å². The number of anilines is 1. The van der Waals surface area contributed by atoms with E-state index in [0.29, 0.717) is 17.3 Å². The average molecular weight is 398 g/mol. The number of amides is 2. The molecule has 2 aromatic rings. The lowest BCUT2D eigenvalue weighted by molar-refractivity contribution is -0.126. The Kier molecular flexibility index (Phi) is 6.51. The van der Waals surface area contributed by atoms with Crippen molar-refractivity contribution in [3.63, 3.8) is 0 Å². The van der Waals surface area contributed by atoms with Crippen molar-refractivity contribution in [2.24, 2.45) is 5.92 Å². The molecule has 0 aliphatic carbocycles. The molecule has 3 rings (SSSR count). The molecule has 2 amide bonds. The number of nitrogens with one attached hydrogen (secondary N) is 1. The summed E-state index contributed by atoms with van der Waals surface area (Å²) in [5.41, 5.74) is 1.66. The minimum Gasteiger partial charge on any atom is -0.479 e. The van der Waals surface area contributed by atoms with Crippen LogP contribution in [0.15, 0.2) is 42.6 Å². The van der Waals surface area contributed by atoms with E-state index in [4.69, 9.17) is 16.3 Å². The van der Waals surface area contributed by atoms with Gasteiger partial charge in [0.15, 0.2) is 0 Å². The molecule has 144 valence electrons. The standard InChI is InChI=1S/C21H20ClN3O3/c1-15-4-9-19(13-24-15)28-11-3-2-10-23-21(27)16-12-20(26)25(14-16)18-7-5-17(22)6-8-18/h4-9,13,16H,10-12,14H2,1H3,(H,23,27). The number of aromatic nitrogens is 1. The number of nitrogens with zero attached hydrogens (tertiary/aromatic N) is 2. The Hall–Kier alpha value is -3.04. The van der Waals surface area contributed by atoms with E-state index >= 15 is 0 Å². The van der Waals surface area contributed by atoms with E-state index in [0.717, 1.165) is 11.4 Å². The fourth-order valence-electron chi connectivity index (χ4n) is 2.80. The Labute approximate surface area is 168 Å². The molecule has 6 nitrogen and oxygen atoms in total. The largest absolute Gasteiger partial charge is 0.479 e. The summed E-state index contributed by atoms with van der Waals surface area (Å²) in [6, 6.07) is 10.7. The van der Waals surface area contributed by atoms with E-state index in [9.17, 15) is 9.59 Å². The number of rotatable bonds is 5. The van der Waals surface area contributed by atoms with E-state index in [1.165, 1.54) is 0 Å². The number of hydrogen-bond acceptors (Lipinski definition) is 4. The van der Waals surface area contributed by atoms with Crippen LogP contribution in [0.5, 0.6) is 5.75 Å². The predicted molar refractivity (Wildman–Crippen MR) is 107 cm³/mol. The summed E-state index contributed by atoms with van der Waals surface area (Å²) in [7, 11) is 0. The summed E-state index contributed by atoms with van der Waals surface area (Å²) in [5, 5.41) is 3.35. The molecular formula is C21H20ClN3O3. The molecule has 1 N–H and O–H groups in total. The van der Waals surface area contributed by atoms with E-state index in [1.54, 1.807) is 35.4 Å². The summed E-state index contributed by atoms with van der Waals surface area (Å²) in [5.74, 6) is 5.69. The highest BCUT2D eigenvalue weighted by molar-refractivity contribution is 6.30. The Bertz CT molecular complexity index is 901. The highest BCUT2D eigenvalue weighted by atomic mass is 35.5. The maximum absolute atomic E-state index is 12.3. The van der Waals surface area contributed by atoms with Gasteiger partial charge in [-0.2, -0.15) is 0 Å². The lowest BCUT2D eigenvalue weighted by Crippen LogP contribution is -2.33. The van der Waals surface area contributed by atoms with Crippen LogP contribution in [0.25, 0.3) is 0 Å². The van der Waals surface area contributed by atoms with Gasteiger partial charge in [-0.25, -0.2) is 0 Å². The number of benzene rings is 1. The number of halogens is 1. The van der Waals surface area contributed by atoms with Crippen LogP contribution in [0, 0.1) is 24.7 Å². The quantitative estimate of drug-likeness (QED) is 0.787. The topological polar surface area (TPSA) is 71.5 Å². The third kappa shape index (κ3) is 5.24. The Morgan fingerprint density at radius 3 is 2.79 bits per heavy atom. The van der Waals surface area contributed by atoms with Gasteiger partial charge in [0, 0.05) is 29.4 Å². The van der Waals surface area contributed by atoms with Gasteiger partial charge in [0.25, 0.3) is 0 Å². The lowest BCUT2D eigenvalue weighted by atomic mass is 10.1. The summed E-state index contributed by atoms with van der Waals surface area (Å²) in [4.78, 5) is 30.2. The zero-order chi connectivity index (χ0) is 19.9. The first-order valence-corrected chi connectivity index (χ1v) is 9.25. The molecular weight excluding hydrogens is 378 g/mol. The van der Waals surface area contributed by atoms with E-state index in [2.05, 4.69) is 22.1 Å². The molecule has 1 aliphatic heterocycles. The van der Waals surface area contributed by atoms with Crippen LogP contribution in [-0.4, -0.2) is 36.5 Å². The van der Waals surface area contributed by atoms with E-state index in [1.807, 2.05) is 19.1 Å².